The lowest BCUT2D eigenvalue weighted by Crippen LogP contribution is -2.55. The number of nitrogens with two attached hydrogens (primary N) is 1. The highest BCUT2D eigenvalue weighted by Crippen LogP contribution is 2.35. The standard InChI is InChI=1S/C28H48N4O6.C7H8.C3H10N2S.C3H8/c1-7-17(2)26(31(4)24(35)15-29-28(36)25-19-10-11-20(13-19)30-25)22(37-5)14-23(34)32-12-8-9-21(32)27(38-6)18(3)16-33;1-7-5-3-2-4-6-7;1-5-2-3-6-4;1-3-2/h16-22,25-27,30H,7-15H2,1-6H3,(H,29,36);2-6H,1H3;5H,2-4H2,1H3;3H2,1-2H3. The number of aryl methyl sites for hydroxylation is 1. The first-order valence-electron chi connectivity index (χ1n) is 20.0. The summed E-state index contributed by atoms with van der Waals surface area (Å²) in [5.41, 5.74) is 1.32. The number of fused-ring (bicyclic) bond motifs is 2. The fourth-order valence-corrected chi connectivity index (χ4v) is 7.85. The highest BCUT2D eigenvalue weighted by atomic mass is 32.2. The van der Waals surface area contributed by atoms with Gasteiger partial charge in [0.15, 0.2) is 0 Å². The van der Waals surface area contributed by atoms with Crippen molar-refractivity contribution in [2.75, 3.05) is 53.7 Å². The van der Waals surface area contributed by atoms with E-state index in [4.69, 9.17) is 14.6 Å². The van der Waals surface area contributed by atoms with E-state index >= 15 is 0 Å². The van der Waals surface area contributed by atoms with Crippen LogP contribution in [0.25, 0.3) is 0 Å². The van der Waals surface area contributed by atoms with Gasteiger partial charge in [-0.3, -0.25) is 19.5 Å². The van der Waals surface area contributed by atoms with Crippen LogP contribution in [0.3, 0.4) is 0 Å². The molecule has 0 spiro atoms. The smallest absolute Gasteiger partial charge is 0.242 e. The molecule has 1 aromatic rings. The molecule has 0 radical (unpaired) electrons. The van der Waals surface area contributed by atoms with Crippen LogP contribution in [-0.4, -0.2) is 124 Å². The minimum Gasteiger partial charge on any atom is -0.379 e. The number of hydrogen-bond acceptors (Lipinski definition) is 10. The molecule has 12 nitrogen and oxygen atoms in total. The van der Waals surface area contributed by atoms with Crippen molar-refractivity contribution in [3.05, 3.63) is 35.9 Å². The average Bonchev–Trinajstić information content (AvgIpc) is 3.96. The number of carbonyl (C=O) groups excluding carboxylic acids is 4. The third kappa shape index (κ3) is 16.3. The number of hydrogen-bond donors (Lipinski definition) is 4. The molecule has 1 aliphatic carbocycles. The predicted molar refractivity (Wildman–Crippen MR) is 221 cm³/mol. The molecular weight excluding hydrogens is 705 g/mol. The van der Waals surface area contributed by atoms with Gasteiger partial charge < -0.3 is 40.0 Å². The van der Waals surface area contributed by atoms with E-state index in [1.54, 1.807) is 26.2 Å². The lowest BCUT2D eigenvalue weighted by atomic mass is 9.90. The Hall–Kier alpha value is -2.55. The molecule has 2 aliphatic heterocycles. The van der Waals surface area contributed by atoms with Crippen molar-refractivity contribution in [3.8, 4) is 0 Å². The van der Waals surface area contributed by atoms with Crippen LogP contribution in [0.15, 0.2) is 30.3 Å². The molecule has 2 heterocycles. The summed E-state index contributed by atoms with van der Waals surface area (Å²) in [6, 6.07) is 9.96. The van der Waals surface area contributed by atoms with Crippen LogP contribution in [-0.2, 0) is 28.7 Å². The SMILES string of the molecule is CCC.CCC(C)C(C(CC(=O)N1CCCC1C(OC)C(C)C=O)OC)N(C)C(=O)CNC(=O)C1NC2CCC1C2.CNCCSN.Cc1ccccc1. The molecule has 2 bridgehead atoms. The fraction of sp³-hybridized carbons (Fsp3) is 0.756. The molecule has 54 heavy (non-hydrogen) atoms. The number of piperidine rings is 1. The largest absolute Gasteiger partial charge is 0.379 e. The lowest BCUT2D eigenvalue weighted by Gasteiger charge is -2.39. The summed E-state index contributed by atoms with van der Waals surface area (Å²) in [6.07, 6.45) is 7.00. The van der Waals surface area contributed by atoms with Crippen LogP contribution in [0.4, 0.5) is 0 Å². The summed E-state index contributed by atoms with van der Waals surface area (Å²) in [7, 11) is 6.79. The van der Waals surface area contributed by atoms with Crippen LogP contribution >= 0.6 is 11.9 Å². The number of likely N-dealkylation sites (tertiary alicyclic amines) is 1. The van der Waals surface area contributed by atoms with Crippen LogP contribution in [0.2, 0.25) is 0 Å². The fourth-order valence-electron chi connectivity index (χ4n) is 7.52. The summed E-state index contributed by atoms with van der Waals surface area (Å²) >= 11 is 1.36. The zero-order valence-electron chi connectivity index (χ0n) is 35.0. The van der Waals surface area contributed by atoms with E-state index in [9.17, 15) is 19.2 Å². The Balaban J connectivity index is 0.000000754. The lowest BCUT2D eigenvalue weighted by molar-refractivity contribution is -0.144. The quantitative estimate of drug-likeness (QED) is 0.100. The minimum absolute atomic E-state index is 0.0654. The number of rotatable bonds is 17. The molecule has 13 heteroatoms. The molecule has 3 fully saturated rings. The third-order valence-corrected chi connectivity index (χ3v) is 11.0. The van der Waals surface area contributed by atoms with E-state index in [1.807, 2.05) is 50.9 Å². The van der Waals surface area contributed by atoms with Gasteiger partial charge in [0.25, 0.3) is 0 Å². The number of nitrogens with zero attached hydrogens (tertiary/aromatic N) is 2. The molecule has 9 unspecified atom stereocenters. The molecule has 3 amide bonds. The number of carbonyl (C=O) groups is 4. The second kappa shape index (κ2) is 27.9. The van der Waals surface area contributed by atoms with Gasteiger partial charge in [0.05, 0.1) is 43.3 Å². The summed E-state index contributed by atoms with van der Waals surface area (Å²) in [5, 5.41) is 14.3. The normalized spacial score (nSPS) is 22.5. The van der Waals surface area contributed by atoms with Crippen molar-refractivity contribution in [1.29, 1.82) is 0 Å². The first kappa shape index (κ1) is 49.5. The van der Waals surface area contributed by atoms with E-state index in [0.29, 0.717) is 18.5 Å². The maximum Gasteiger partial charge on any atom is 0.242 e. The predicted octanol–water partition coefficient (Wildman–Crippen LogP) is 4.59. The Morgan fingerprint density at radius 1 is 1.09 bits per heavy atom. The molecule has 9 atom stereocenters. The number of methoxy groups -OCH3 is 2. The van der Waals surface area contributed by atoms with Gasteiger partial charge in [-0.05, 0) is 57.9 Å². The first-order valence-corrected chi connectivity index (χ1v) is 21.0. The molecule has 310 valence electrons. The Morgan fingerprint density at radius 2 is 1.76 bits per heavy atom. The van der Waals surface area contributed by atoms with E-state index in [1.165, 1.54) is 23.9 Å². The van der Waals surface area contributed by atoms with Gasteiger partial charge in [0.1, 0.15) is 6.29 Å². The summed E-state index contributed by atoms with van der Waals surface area (Å²) in [5.74, 6) is 0.708. The van der Waals surface area contributed by atoms with Gasteiger partial charge in [-0.25, -0.2) is 0 Å². The topological polar surface area (TPSA) is 155 Å². The van der Waals surface area contributed by atoms with Crippen molar-refractivity contribution in [1.82, 2.24) is 25.8 Å². The summed E-state index contributed by atoms with van der Waals surface area (Å²) in [4.78, 5) is 54.4. The Labute approximate surface area is 331 Å². The van der Waals surface area contributed by atoms with Crippen LogP contribution in [0.5, 0.6) is 0 Å². The molecule has 5 N–H and O–H groups in total. The van der Waals surface area contributed by atoms with Gasteiger partial charge in [-0.15, -0.1) is 0 Å². The van der Waals surface area contributed by atoms with Crippen molar-refractivity contribution in [2.45, 2.75) is 129 Å². The third-order valence-electron chi connectivity index (χ3n) is 10.6. The second-order valence-corrected chi connectivity index (χ2v) is 15.6. The van der Waals surface area contributed by atoms with E-state index < -0.39 is 6.10 Å². The molecule has 2 saturated heterocycles. The highest BCUT2D eigenvalue weighted by Gasteiger charge is 2.43. The van der Waals surface area contributed by atoms with E-state index in [-0.39, 0.29) is 66.8 Å². The number of ether oxygens (including phenoxy) is 2. The molecule has 4 rings (SSSR count). The molecule has 1 aromatic carbocycles. The molecule has 0 aromatic heterocycles. The van der Waals surface area contributed by atoms with Crippen LogP contribution in [0.1, 0.15) is 91.5 Å². The van der Waals surface area contributed by atoms with Crippen molar-refractivity contribution in [3.63, 3.8) is 0 Å². The summed E-state index contributed by atoms with van der Waals surface area (Å²) in [6.45, 7) is 13.8. The van der Waals surface area contributed by atoms with Crippen molar-refractivity contribution >= 4 is 36.0 Å². The number of aldehydes is 1. The van der Waals surface area contributed by atoms with Crippen molar-refractivity contribution in [2.24, 2.45) is 22.9 Å². The summed E-state index contributed by atoms with van der Waals surface area (Å²) < 4.78 is 11.5. The Bertz CT molecular complexity index is 1190. The Kier molecular flexibility index (Phi) is 25.6. The highest BCUT2D eigenvalue weighted by molar-refractivity contribution is 7.97. The number of amides is 3. The first-order chi connectivity index (χ1) is 25.9. The zero-order valence-corrected chi connectivity index (χ0v) is 35.8. The van der Waals surface area contributed by atoms with Gasteiger partial charge in [-0.2, -0.15) is 0 Å². The molecule has 1 saturated carbocycles. The molecular formula is C41H74N6O6S. The van der Waals surface area contributed by atoms with Crippen LogP contribution < -0.4 is 21.1 Å². The minimum atomic E-state index is -0.514. The van der Waals surface area contributed by atoms with Gasteiger partial charge in [0.2, 0.25) is 17.7 Å². The number of benzene rings is 1. The molecule has 3 aliphatic rings. The van der Waals surface area contributed by atoms with Gasteiger partial charge in [0, 0.05) is 52.1 Å². The van der Waals surface area contributed by atoms with E-state index in [0.717, 1.165) is 57.1 Å². The Morgan fingerprint density at radius 3 is 2.20 bits per heavy atom. The number of likely N-dealkylation sites (N-methyl/N-ethyl adjacent to an activating group) is 1. The van der Waals surface area contributed by atoms with E-state index in [2.05, 4.69) is 48.9 Å². The van der Waals surface area contributed by atoms with Crippen molar-refractivity contribution < 1.29 is 28.7 Å². The monoisotopic (exact) mass is 779 g/mol. The average molecular weight is 779 g/mol. The van der Waals surface area contributed by atoms with Crippen LogP contribution in [0, 0.1) is 24.7 Å². The van der Waals surface area contributed by atoms with Gasteiger partial charge >= 0.3 is 0 Å². The zero-order chi connectivity index (χ0) is 40.6. The number of nitrogens with one attached hydrogen (secondary N) is 3. The maximum atomic E-state index is 13.5. The van der Waals surface area contributed by atoms with Gasteiger partial charge in [-0.1, -0.05) is 95.3 Å². The second-order valence-electron chi connectivity index (χ2n) is 14.8. The maximum absolute atomic E-state index is 13.5.